The van der Waals surface area contributed by atoms with Crippen LogP contribution in [0.3, 0.4) is 0 Å². The van der Waals surface area contributed by atoms with Gasteiger partial charge in [0.25, 0.3) is 0 Å². The van der Waals surface area contributed by atoms with Gasteiger partial charge >= 0.3 is 0 Å². The van der Waals surface area contributed by atoms with Crippen molar-refractivity contribution in [1.29, 1.82) is 0 Å². The molecule has 0 aliphatic carbocycles. The van der Waals surface area contributed by atoms with Crippen LogP contribution in [-0.4, -0.2) is 33.5 Å². The summed E-state index contributed by atoms with van der Waals surface area (Å²) in [6, 6.07) is 11.7. The minimum Gasteiger partial charge on any atom is -0.333 e. The molecule has 138 valence electrons. The Morgan fingerprint density at radius 1 is 1.22 bits per heavy atom. The van der Waals surface area contributed by atoms with Crippen LogP contribution in [0.5, 0.6) is 0 Å². The molecule has 1 atom stereocenters. The Balaban J connectivity index is 1.53. The van der Waals surface area contributed by atoms with E-state index in [1.165, 1.54) is 17.3 Å². The molecule has 2 aromatic carbocycles. The van der Waals surface area contributed by atoms with E-state index in [-0.39, 0.29) is 16.9 Å². The van der Waals surface area contributed by atoms with E-state index >= 15 is 0 Å². The first-order valence-electron chi connectivity index (χ1n) is 9.00. The minimum atomic E-state index is -0.255. The molecule has 6 heteroatoms. The number of nitrogens with zero attached hydrogens (tertiary/aromatic N) is 2. The molecule has 1 aliphatic heterocycles. The molecule has 3 aromatic rings. The number of nitrogens with one attached hydrogen (secondary N) is 1. The lowest BCUT2D eigenvalue weighted by atomic mass is 10.0. The van der Waals surface area contributed by atoms with Crippen molar-refractivity contribution in [3.63, 3.8) is 0 Å². The van der Waals surface area contributed by atoms with Gasteiger partial charge in [0.1, 0.15) is 0 Å². The molecule has 0 bridgehead atoms. The van der Waals surface area contributed by atoms with Crippen molar-refractivity contribution in [2.75, 3.05) is 11.4 Å². The summed E-state index contributed by atoms with van der Waals surface area (Å²) in [4.78, 5) is 34.2. The maximum Gasteiger partial charge on any atom is 0.223 e. The topological polar surface area (TPSA) is 66.1 Å². The highest BCUT2D eigenvalue weighted by molar-refractivity contribution is 8.00. The number of hydrogen-bond acceptors (Lipinski definition) is 4. The van der Waals surface area contributed by atoms with Crippen molar-refractivity contribution in [3.8, 4) is 0 Å². The fraction of sp³-hybridized carbons (Fsp3) is 0.286. The number of carbonyl (C=O) groups excluding carboxylic acids is 2. The molecule has 2 heterocycles. The summed E-state index contributed by atoms with van der Waals surface area (Å²) in [5.41, 5.74) is 5.73. The first kappa shape index (κ1) is 17.8. The van der Waals surface area contributed by atoms with Crippen molar-refractivity contribution in [2.24, 2.45) is 0 Å². The quantitative estimate of drug-likeness (QED) is 0.546. The first-order valence-corrected chi connectivity index (χ1v) is 9.88. The summed E-state index contributed by atoms with van der Waals surface area (Å²) in [5.74, 6) is 0.109. The molecule has 4 rings (SSSR count). The van der Waals surface area contributed by atoms with Crippen LogP contribution in [0, 0.1) is 6.92 Å². The van der Waals surface area contributed by atoms with Gasteiger partial charge in [-0.15, -0.1) is 0 Å². The summed E-state index contributed by atoms with van der Waals surface area (Å²) >= 11 is 1.44. The SMILES string of the molecule is CC(=O)N1CCc2cc(C(=O)[C@H](C)Sc3nc4ccc(C)cc4[nH]3)ccc21. The average molecular weight is 379 g/mol. The van der Waals surface area contributed by atoms with Crippen molar-refractivity contribution in [2.45, 2.75) is 37.6 Å². The fourth-order valence-electron chi connectivity index (χ4n) is 3.49. The van der Waals surface area contributed by atoms with Gasteiger partial charge < -0.3 is 9.88 Å². The molecular weight excluding hydrogens is 358 g/mol. The van der Waals surface area contributed by atoms with Crippen LogP contribution >= 0.6 is 11.8 Å². The maximum atomic E-state index is 12.9. The number of hydrogen-bond donors (Lipinski definition) is 1. The molecular formula is C21H21N3O2S. The van der Waals surface area contributed by atoms with E-state index in [2.05, 4.69) is 16.0 Å². The van der Waals surface area contributed by atoms with Crippen molar-refractivity contribution < 1.29 is 9.59 Å². The largest absolute Gasteiger partial charge is 0.333 e. The lowest BCUT2D eigenvalue weighted by Crippen LogP contribution is -2.25. The number of fused-ring (bicyclic) bond motifs is 2. The highest BCUT2D eigenvalue weighted by Gasteiger charge is 2.25. The van der Waals surface area contributed by atoms with E-state index in [9.17, 15) is 9.59 Å². The second kappa shape index (κ2) is 6.85. The third-order valence-electron chi connectivity index (χ3n) is 4.91. The van der Waals surface area contributed by atoms with Crippen LogP contribution in [0.25, 0.3) is 11.0 Å². The maximum absolute atomic E-state index is 12.9. The number of aromatic nitrogens is 2. The summed E-state index contributed by atoms with van der Waals surface area (Å²) in [6.07, 6.45) is 0.792. The minimum absolute atomic E-state index is 0.0388. The number of imidazole rings is 1. The van der Waals surface area contributed by atoms with E-state index in [1.54, 1.807) is 11.8 Å². The monoisotopic (exact) mass is 379 g/mol. The smallest absolute Gasteiger partial charge is 0.223 e. The van der Waals surface area contributed by atoms with E-state index in [0.29, 0.717) is 12.1 Å². The number of anilines is 1. The van der Waals surface area contributed by atoms with Crippen LogP contribution in [-0.2, 0) is 11.2 Å². The second-order valence-electron chi connectivity index (χ2n) is 6.95. The van der Waals surface area contributed by atoms with E-state index in [1.807, 2.05) is 44.2 Å². The molecule has 1 aromatic heterocycles. The standard InChI is InChI=1S/C21H21N3O2S/c1-12-4-6-17-18(10-12)23-21(22-17)27-13(2)20(26)16-5-7-19-15(11-16)8-9-24(19)14(3)25/h4-7,10-11,13H,8-9H2,1-3H3,(H,22,23)/t13-/m0/s1. The molecule has 0 unspecified atom stereocenters. The molecule has 0 spiro atoms. The summed E-state index contributed by atoms with van der Waals surface area (Å²) < 4.78 is 0. The lowest BCUT2D eigenvalue weighted by Gasteiger charge is -2.15. The van der Waals surface area contributed by atoms with Gasteiger partial charge in [0.05, 0.1) is 16.3 Å². The Morgan fingerprint density at radius 3 is 2.81 bits per heavy atom. The molecule has 5 nitrogen and oxygen atoms in total. The van der Waals surface area contributed by atoms with Gasteiger partial charge in [-0.2, -0.15) is 0 Å². The number of H-pyrrole nitrogens is 1. The van der Waals surface area contributed by atoms with Gasteiger partial charge in [0, 0.05) is 24.7 Å². The van der Waals surface area contributed by atoms with Crippen LogP contribution in [0.2, 0.25) is 0 Å². The zero-order valence-corrected chi connectivity index (χ0v) is 16.4. The predicted molar refractivity (Wildman–Crippen MR) is 109 cm³/mol. The number of aryl methyl sites for hydroxylation is 1. The van der Waals surface area contributed by atoms with Gasteiger partial charge in [0.15, 0.2) is 10.9 Å². The van der Waals surface area contributed by atoms with Gasteiger partial charge in [0.2, 0.25) is 5.91 Å². The molecule has 0 radical (unpaired) electrons. The van der Waals surface area contributed by atoms with Gasteiger partial charge in [-0.3, -0.25) is 9.59 Å². The highest BCUT2D eigenvalue weighted by atomic mass is 32.2. The summed E-state index contributed by atoms with van der Waals surface area (Å²) in [6.45, 7) is 6.20. The Labute approximate surface area is 162 Å². The number of ketones is 1. The second-order valence-corrected chi connectivity index (χ2v) is 8.28. The zero-order valence-electron chi connectivity index (χ0n) is 15.6. The molecule has 1 amide bonds. The lowest BCUT2D eigenvalue weighted by molar-refractivity contribution is -0.116. The van der Waals surface area contributed by atoms with E-state index in [0.717, 1.165) is 33.9 Å². The summed E-state index contributed by atoms with van der Waals surface area (Å²) in [7, 11) is 0. The predicted octanol–water partition coefficient (Wildman–Crippen LogP) is 4.14. The van der Waals surface area contributed by atoms with Gasteiger partial charge in [-0.1, -0.05) is 17.8 Å². The Hall–Kier alpha value is -2.60. The molecule has 1 aliphatic rings. The van der Waals surface area contributed by atoms with Crippen LogP contribution < -0.4 is 4.90 Å². The van der Waals surface area contributed by atoms with Crippen LogP contribution in [0.15, 0.2) is 41.6 Å². The van der Waals surface area contributed by atoms with E-state index in [4.69, 9.17) is 0 Å². The Bertz CT molecular complexity index is 1060. The van der Waals surface area contributed by atoms with Crippen LogP contribution in [0.4, 0.5) is 5.69 Å². The van der Waals surface area contributed by atoms with Crippen LogP contribution in [0.1, 0.15) is 35.3 Å². The molecule has 0 saturated carbocycles. The number of carbonyl (C=O) groups is 2. The fourth-order valence-corrected chi connectivity index (χ4v) is 4.39. The molecule has 0 fully saturated rings. The Kier molecular flexibility index (Phi) is 4.52. The van der Waals surface area contributed by atoms with E-state index < -0.39 is 0 Å². The number of rotatable bonds is 4. The Morgan fingerprint density at radius 2 is 2.04 bits per heavy atom. The third kappa shape index (κ3) is 3.37. The zero-order chi connectivity index (χ0) is 19.1. The third-order valence-corrected chi connectivity index (χ3v) is 5.90. The van der Waals surface area contributed by atoms with Gasteiger partial charge in [-0.25, -0.2) is 4.98 Å². The van der Waals surface area contributed by atoms with Crippen molar-refractivity contribution >= 4 is 40.2 Å². The molecule has 0 saturated heterocycles. The molecule has 1 N–H and O–H groups in total. The van der Waals surface area contributed by atoms with Crippen molar-refractivity contribution in [3.05, 3.63) is 53.1 Å². The average Bonchev–Trinajstić information content (AvgIpc) is 3.23. The number of benzene rings is 2. The number of aromatic amines is 1. The molecule has 27 heavy (non-hydrogen) atoms. The first-order chi connectivity index (χ1) is 12.9. The van der Waals surface area contributed by atoms with Gasteiger partial charge in [-0.05, 0) is 61.7 Å². The summed E-state index contributed by atoms with van der Waals surface area (Å²) in [5, 5.41) is 0.496. The number of amides is 1. The highest BCUT2D eigenvalue weighted by Crippen LogP contribution is 2.31. The number of Topliss-reactive ketones (excluding diaryl/α,β-unsaturated/α-hetero) is 1. The normalized spacial score (nSPS) is 14.4. The van der Waals surface area contributed by atoms with Crippen molar-refractivity contribution in [1.82, 2.24) is 9.97 Å². The number of thioether (sulfide) groups is 1.